The van der Waals surface area contributed by atoms with Crippen molar-refractivity contribution in [2.75, 3.05) is 14.2 Å². The zero-order valence-corrected chi connectivity index (χ0v) is 21.6. The second kappa shape index (κ2) is 11.9. The van der Waals surface area contributed by atoms with Crippen LogP contribution in [0.2, 0.25) is 0 Å². The molecule has 0 fully saturated rings. The van der Waals surface area contributed by atoms with Crippen molar-refractivity contribution in [2.45, 2.75) is 32.6 Å². The average molecular weight is 515 g/mol. The zero-order chi connectivity index (χ0) is 27.2. The van der Waals surface area contributed by atoms with Crippen LogP contribution < -0.4 is 5.69 Å². The molecule has 0 aliphatic heterocycles. The average Bonchev–Trinajstić information content (AvgIpc) is 3.20. The highest BCUT2D eigenvalue weighted by Gasteiger charge is 2.30. The first-order valence-electron chi connectivity index (χ1n) is 12.3. The number of aromatic carboxylic acids is 1. The molecule has 38 heavy (non-hydrogen) atoms. The Bertz CT molecular complexity index is 1480. The fourth-order valence-electron chi connectivity index (χ4n) is 4.63. The van der Waals surface area contributed by atoms with E-state index < -0.39 is 23.9 Å². The Kier molecular flexibility index (Phi) is 8.35. The van der Waals surface area contributed by atoms with E-state index in [4.69, 9.17) is 9.47 Å². The molecule has 0 aliphatic carbocycles. The molecule has 0 atom stereocenters. The smallest absolute Gasteiger partial charge is 0.336 e. The monoisotopic (exact) mass is 514 g/mol. The summed E-state index contributed by atoms with van der Waals surface area (Å²) in [6.45, 7) is 2.22. The van der Waals surface area contributed by atoms with Crippen molar-refractivity contribution < 1.29 is 24.2 Å². The lowest BCUT2D eigenvalue weighted by Crippen LogP contribution is -2.31. The van der Waals surface area contributed by atoms with E-state index >= 15 is 0 Å². The zero-order valence-electron chi connectivity index (χ0n) is 21.6. The van der Waals surface area contributed by atoms with E-state index in [1.807, 2.05) is 31.2 Å². The number of hydrogen-bond acceptors (Lipinski definition) is 5. The first kappa shape index (κ1) is 26.8. The van der Waals surface area contributed by atoms with E-state index in [9.17, 15) is 19.5 Å². The van der Waals surface area contributed by atoms with Gasteiger partial charge in [0.1, 0.15) is 5.69 Å². The van der Waals surface area contributed by atoms with E-state index in [2.05, 4.69) is 0 Å². The van der Waals surface area contributed by atoms with E-state index in [0.717, 1.165) is 22.1 Å². The first-order chi connectivity index (χ1) is 18.4. The highest BCUT2D eigenvalue weighted by molar-refractivity contribution is 5.96. The second-order valence-electron chi connectivity index (χ2n) is 8.81. The SMILES string of the molecule is CCCc1c(C(OC)OC)n(C(=O)c2ccccc2)c(=O)n1Cc1ccc(-c2ccccc2C(=O)O)cc1. The molecular weight excluding hydrogens is 484 g/mol. The highest BCUT2D eigenvalue weighted by atomic mass is 16.7. The summed E-state index contributed by atoms with van der Waals surface area (Å²) in [6.07, 6.45) is 0.363. The topological polar surface area (TPSA) is 99.8 Å². The number of hydrogen-bond donors (Lipinski definition) is 1. The molecule has 0 saturated carbocycles. The summed E-state index contributed by atoms with van der Waals surface area (Å²) in [6, 6.07) is 22.8. The summed E-state index contributed by atoms with van der Waals surface area (Å²) in [5, 5.41) is 9.54. The number of ether oxygens (including phenoxy) is 2. The lowest BCUT2D eigenvalue weighted by Gasteiger charge is -2.17. The van der Waals surface area contributed by atoms with E-state index in [0.29, 0.717) is 28.9 Å². The normalized spacial score (nSPS) is 11.2. The Morgan fingerprint density at radius 2 is 1.53 bits per heavy atom. The molecule has 4 aromatic rings. The summed E-state index contributed by atoms with van der Waals surface area (Å²) in [5.74, 6) is -1.45. The minimum Gasteiger partial charge on any atom is -0.478 e. The molecular formula is C30H30N2O6. The molecule has 0 bridgehead atoms. The number of methoxy groups -OCH3 is 2. The number of carboxylic acids is 1. The minimum absolute atomic E-state index is 0.216. The van der Waals surface area contributed by atoms with E-state index in [-0.39, 0.29) is 12.1 Å². The van der Waals surface area contributed by atoms with Crippen molar-refractivity contribution in [3.05, 3.63) is 117 Å². The van der Waals surface area contributed by atoms with Crippen LogP contribution in [0.4, 0.5) is 0 Å². The predicted octanol–water partition coefficient (Wildman–Crippen LogP) is 5.00. The largest absolute Gasteiger partial charge is 0.478 e. The number of rotatable bonds is 10. The standard InChI is InChI=1S/C30H30N2O6/c1-4-10-25-26(29(37-2)38-3)32(27(33)22-11-6-5-7-12-22)30(36)31(25)19-20-15-17-21(18-16-20)23-13-8-9-14-24(23)28(34)35/h5-9,11-18,29H,4,10,19H2,1-3H3,(H,34,35). The summed E-state index contributed by atoms with van der Waals surface area (Å²) in [7, 11) is 2.94. The van der Waals surface area contributed by atoms with Crippen LogP contribution in [-0.4, -0.2) is 40.3 Å². The van der Waals surface area contributed by atoms with Crippen LogP contribution in [0.5, 0.6) is 0 Å². The fraction of sp³-hybridized carbons (Fsp3) is 0.233. The van der Waals surface area contributed by atoms with Gasteiger partial charge in [0.05, 0.1) is 12.1 Å². The molecule has 0 saturated heterocycles. The maximum atomic E-state index is 13.8. The number of carbonyl (C=O) groups excluding carboxylic acids is 1. The second-order valence-corrected chi connectivity index (χ2v) is 8.81. The van der Waals surface area contributed by atoms with Gasteiger partial charge < -0.3 is 14.6 Å². The van der Waals surface area contributed by atoms with Crippen LogP contribution in [0, 0.1) is 0 Å². The van der Waals surface area contributed by atoms with Gasteiger partial charge in [0.2, 0.25) is 6.29 Å². The number of aromatic nitrogens is 2. The van der Waals surface area contributed by atoms with Gasteiger partial charge >= 0.3 is 11.7 Å². The third-order valence-corrected chi connectivity index (χ3v) is 6.41. The number of carboxylic acid groups (broad SMARTS) is 1. The molecule has 0 radical (unpaired) electrons. The third-order valence-electron chi connectivity index (χ3n) is 6.41. The summed E-state index contributed by atoms with van der Waals surface area (Å²) in [4.78, 5) is 39.0. The van der Waals surface area contributed by atoms with E-state index in [1.54, 1.807) is 59.2 Å². The molecule has 0 aliphatic rings. The van der Waals surface area contributed by atoms with Gasteiger partial charge in [0.25, 0.3) is 5.91 Å². The molecule has 0 unspecified atom stereocenters. The number of imidazole rings is 1. The van der Waals surface area contributed by atoms with Crippen LogP contribution in [0.3, 0.4) is 0 Å². The van der Waals surface area contributed by atoms with Crippen LogP contribution in [0.1, 0.15) is 57.3 Å². The lowest BCUT2D eigenvalue weighted by molar-refractivity contribution is -0.110. The van der Waals surface area contributed by atoms with Crippen molar-refractivity contribution in [3.8, 4) is 11.1 Å². The van der Waals surface area contributed by atoms with Crippen LogP contribution in [0.25, 0.3) is 11.1 Å². The summed E-state index contributed by atoms with van der Waals surface area (Å²) < 4.78 is 13.8. The molecule has 4 rings (SSSR count). The molecule has 3 aromatic carbocycles. The Labute approximate surface area is 220 Å². The Morgan fingerprint density at radius 1 is 0.895 bits per heavy atom. The van der Waals surface area contributed by atoms with Crippen LogP contribution in [-0.2, 0) is 22.4 Å². The quantitative estimate of drug-likeness (QED) is 0.299. The van der Waals surface area contributed by atoms with Crippen molar-refractivity contribution in [2.24, 2.45) is 0 Å². The van der Waals surface area contributed by atoms with Crippen molar-refractivity contribution in [1.29, 1.82) is 0 Å². The predicted molar refractivity (Wildman–Crippen MR) is 144 cm³/mol. The molecule has 0 amide bonds. The minimum atomic E-state index is -0.997. The third kappa shape index (κ3) is 5.22. The van der Waals surface area contributed by atoms with Gasteiger partial charge in [-0.2, -0.15) is 0 Å². The summed E-state index contributed by atoms with van der Waals surface area (Å²) in [5.41, 5.74) is 3.35. The molecule has 1 N–H and O–H groups in total. The first-order valence-corrected chi connectivity index (χ1v) is 12.3. The number of carbonyl (C=O) groups is 2. The maximum absolute atomic E-state index is 13.8. The molecule has 0 spiro atoms. The van der Waals surface area contributed by atoms with Gasteiger partial charge in [-0.15, -0.1) is 0 Å². The molecule has 1 heterocycles. The highest BCUT2D eigenvalue weighted by Crippen LogP contribution is 2.27. The Balaban J connectivity index is 1.80. The lowest BCUT2D eigenvalue weighted by atomic mass is 9.99. The molecule has 8 nitrogen and oxygen atoms in total. The van der Waals surface area contributed by atoms with Gasteiger partial charge in [-0.05, 0) is 41.3 Å². The van der Waals surface area contributed by atoms with Gasteiger partial charge in [0, 0.05) is 25.5 Å². The Hall–Kier alpha value is -4.27. The van der Waals surface area contributed by atoms with Gasteiger partial charge in [-0.1, -0.05) is 74.0 Å². The van der Waals surface area contributed by atoms with Crippen molar-refractivity contribution in [1.82, 2.24) is 9.13 Å². The number of benzene rings is 3. The van der Waals surface area contributed by atoms with Gasteiger partial charge in [0.15, 0.2) is 0 Å². The molecule has 196 valence electrons. The van der Waals surface area contributed by atoms with Crippen molar-refractivity contribution >= 4 is 11.9 Å². The van der Waals surface area contributed by atoms with Crippen LogP contribution in [0.15, 0.2) is 83.7 Å². The molecule has 8 heteroatoms. The number of nitrogens with zero attached hydrogens (tertiary/aromatic N) is 2. The van der Waals surface area contributed by atoms with Crippen LogP contribution >= 0.6 is 0 Å². The van der Waals surface area contributed by atoms with Gasteiger partial charge in [-0.25, -0.2) is 14.2 Å². The van der Waals surface area contributed by atoms with Crippen molar-refractivity contribution in [3.63, 3.8) is 0 Å². The van der Waals surface area contributed by atoms with E-state index in [1.165, 1.54) is 14.2 Å². The molecule has 1 aromatic heterocycles. The summed E-state index contributed by atoms with van der Waals surface area (Å²) >= 11 is 0. The fourth-order valence-corrected chi connectivity index (χ4v) is 4.63. The maximum Gasteiger partial charge on any atom is 0.336 e. The van der Waals surface area contributed by atoms with Gasteiger partial charge in [-0.3, -0.25) is 9.36 Å². The Morgan fingerprint density at radius 3 is 2.13 bits per heavy atom.